The van der Waals surface area contributed by atoms with Gasteiger partial charge in [-0.25, -0.2) is 0 Å². The number of nitrogens with zero attached hydrogens (tertiary/aromatic N) is 1. The lowest BCUT2D eigenvalue weighted by atomic mass is 9.92. The molecule has 0 aromatic rings. The summed E-state index contributed by atoms with van der Waals surface area (Å²) in [6.07, 6.45) is 6.08. The first-order valence-electron chi connectivity index (χ1n) is 6.43. The van der Waals surface area contributed by atoms with E-state index in [1.54, 1.807) is 5.54 Å². The Kier molecular flexibility index (Phi) is 3.93. The van der Waals surface area contributed by atoms with Crippen LogP contribution in [0.2, 0.25) is 0 Å². The predicted molar refractivity (Wildman–Crippen MR) is 69.8 cm³/mol. The van der Waals surface area contributed by atoms with Gasteiger partial charge in [0.05, 0.1) is 0 Å². The summed E-state index contributed by atoms with van der Waals surface area (Å²) in [6.45, 7) is 7.88. The van der Waals surface area contributed by atoms with E-state index in [0.29, 0.717) is 0 Å². The third-order valence-corrected chi connectivity index (χ3v) is 4.31. The Bertz CT molecular complexity index is 263. The summed E-state index contributed by atoms with van der Waals surface area (Å²) in [4.78, 5) is 2.61. The summed E-state index contributed by atoms with van der Waals surface area (Å²) < 4.78 is 0. The molecule has 2 rings (SSSR count). The molecule has 0 spiro atoms. The summed E-state index contributed by atoms with van der Waals surface area (Å²) in [5, 5.41) is 3.72. The molecule has 2 atom stereocenters. The SMILES string of the molecule is CCC1(C)CN(C/C=C/Cl)C(C2CC2)CN1. The van der Waals surface area contributed by atoms with Crippen molar-refractivity contribution in [2.24, 2.45) is 5.92 Å². The second kappa shape index (κ2) is 5.07. The maximum atomic E-state index is 5.65. The number of halogens is 1. The Balaban J connectivity index is 1.99. The molecule has 0 aromatic heterocycles. The summed E-state index contributed by atoms with van der Waals surface area (Å²) in [5.74, 6) is 0.928. The van der Waals surface area contributed by atoms with E-state index in [2.05, 4.69) is 30.1 Å². The maximum absolute atomic E-state index is 5.65. The zero-order chi connectivity index (χ0) is 11.6. The van der Waals surface area contributed by atoms with Gasteiger partial charge < -0.3 is 5.32 Å². The molecule has 3 heteroatoms. The van der Waals surface area contributed by atoms with Crippen LogP contribution >= 0.6 is 11.6 Å². The molecule has 0 aromatic carbocycles. The van der Waals surface area contributed by atoms with Gasteiger partial charge in [0.1, 0.15) is 0 Å². The molecule has 2 nitrogen and oxygen atoms in total. The zero-order valence-corrected chi connectivity index (χ0v) is 11.1. The summed E-state index contributed by atoms with van der Waals surface area (Å²) in [6, 6.07) is 0.729. The van der Waals surface area contributed by atoms with Gasteiger partial charge in [-0.1, -0.05) is 24.6 Å². The minimum absolute atomic E-state index is 0.283. The highest BCUT2D eigenvalue weighted by atomic mass is 35.5. The molecule has 1 heterocycles. The topological polar surface area (TPSA) is 15.3 Å². The fourth-order valence-electron chi connectivity index (χ4n) is 2.66. The van der Waals surface area contributed by atoms with E-state index in [1.807, 2.05) is 0 Å². The van der Waals surface area contributed by atoms with Gasteiger partial charge in [-0.15, -0.1) is 0 Å². The van der Waals surface area contributed by atoms with Gasteiger partial charge in [-0.3, -0.25) is 4.90 Å². The van der Waals surface area contributed by atoms with Crippen molar-refractivity contribution in [1.82, 2.24) is 10.2 Å². The molecule has 1 saturated carbocycles. The standard InChI is InChI=1S/C13H23ClN2/c1-3-13(2)10-16(8-4-7-14)12(9-15-13)11-5-6-11/h4,7,11-12,15H,3,5-6,8-10H2,1-2H3/b7-4+. The number of hydrogen-bond acceptors (Lipinski definition) is 2. The van der Waals surface area contributed by atoms with Crippen molar-refractivity contribution in [3.05, 3.63) is 11.6 Å². The van der Waals surface area contributed by atoms with Crippen LogP contribution in [0.15, 0.2) is 11.6 Å². The van der Waals surface area contributed by atoms with Crippen LogP contribution in [0, 0.1) is 5.92 Å². The number of nitrogens with one attached hydrogen (secondary N) is 1. The third-order valence-electron chi connectivity index (χ3n) is 4.13. The summed E-state index contributed by atoms with van der Waals surface area (Å²) in [5.41, 5.74) is 1.93. The molecule has 92 valence electrons. The van der Waals surface area contributed by atoms with Gasteiger partial charge in [0.15, 0.2) is 0 Å². The maximum Gasteiger partial charge on any atom is 0.0278 e. The van der Waals surface area contributed by atoms with Crippen molar-refractivity contribution < 1.29 is 0 Å². The Hall–Kier alpha value is -0.0500. The van der Waals surface area contributed by atoms with E-state index in [9.17, 15) is 0 Å². The minimum atomic E-state index is 0.283. The van der Waals surface area contributed by atoms with E-state index in [0.717, 1.165) is 31.6 Å². The van der Waals surface area contributed by atoms with E-state index >= 15 is 0 Å². The lowest BCUT2D eigenvalue weighted by Gasteiger charge is -2.46. The quantitative estimate of drug-likeness (QED) is 0.815. The van der Waals surface area contributed by atoms with Gasteiger partial charge in [0.2, 0.25) is 0 Å². The van der Waals surface area contributed by atoms with Crippen LogP contribution in [-0.2, 0) is 0 Å². The molecular formula is C13H23ClN2. The first-order chi connectivity index (χ1) is 7.68. The van der Waals surface area contributed by atoms with Crippen LogP contribution in [0.3, 0.4) is 0 Å². The average molecular weight is 243 g/mol. The van der Waals surface area contributed by atoms with Crippen molar-refractivity contribution in [3.63, 3.8) is 0 Å². The Morgan fingerprint density at radius 2 is 2.25 bits per heavy atom. The van der Waals surface area contributed by atoms with E-state index < -0.39 is 0 Å². The number of hydrogen-bond donors (Lipinski definition) is 1. The second-order valence-corrected chi connectivity index (χ2v) is 5.74. The molecule has 0 bridgehead atoms. The molecule has 0 radical (unpaired) electrons. The first-order valence-corrected chi connectivity index (χ1v) is 6.86. The molecular weight excluding hydrogens is 220 g/mol. The second-order valence-electron chi connectivity index (χ2n) is 5.49. The largest absolute Gasteiger partial charge is 0.309 e. The number of piperazine rings is 1. The van der Waals surface area contributed by atoms with Crippen molar-refractivity contribution in [2.45, 2.75) is 44.7 Å². The van der Waals surface area contributed by atoms with Crippen molar-refractivity contribution in [1.29, 1.82) is 0 Å². The molecule has 1 aliphatic heterocycles. The predicted octanol–water partition coefficient (Wildman–Crippen LogP) is 2.59. The minimum Gasteiger partial charge on any atom is -0.309 e. The fraction of sp³-hybridized carbons (Fsp3) is 0.846. The first kappa shape index (κ1) is 12.4. The smallest absolute Gasteiger partial charge is 0.0278 e. The van der Waals surface area contributed by atoms with Crippen LogP contribution in [0.4, 0.5) is 0 Å². The summed E-state index contributed by atoms with van der Waals surface area (Å²) in [7, 11) is 0. The van der Waals surface area contributed by atoms with Crippen molar-refractivity contribution in [3.8, 4) is 0 Å². The molecule has 2 unspecified atom stereocenters. The highest BCUT2D eigenvalue weighted by molar-refractivity contribution is 6.25. The van der Waals surface area contributed by atoms with E-state index in [1.165, 1.54) is 19.3 Å². The molecule has 1 N–H and O–H groups in total. The third kappa shape index (κ3) is 2.79. The van der Waals surface area contributed by atoms with Gasteiger partial charge in [-0.05, 0) is 32.1 Å². The van der Waals surface area contributed by atoms with Crippen LogP contribution in [0.5, 0.6) is 0 Å². The zero-order valence-electron chi connectivity index (χ0n) is 10.4. The van der Waals surface area contributed by atoms with Crippen LogP contribution in [0.1, 0.15) is 33.1 Å². The van der Waals surface area contributed by atoms with E-state index in [4.69, 9.17) is 11.6 Å². The summed E-state index contributed by atoms with van der Waals surface area (Å²) >= 11 is 5.65. The molecule has 0 amide bonds. The van der Waals surface area contributed by atoms with Crippen molar-refractivity contribution >= 4 is 11.6 Å². The molecule has 1 saturated heterocycles. The molecule has 2 fully saturated rings. The van der Waals surface area contributed by atoms with Gasteiger partial charge >= 0.3 is 0 Å². The van der Waals surface area contributed by atoms with E-state index in [-0.39, 0.29) is 5.54 Å². The molecule has 16 heavy (non-hydrogen) atoms. The van der Waals surface area contributed by atoms with Crippen LogP contribution in [-0.4, -0.2) is 36.1 Å². The average Bonchev–Trinajstić information content (AvgIpc) is 3.10. The number of rotatable bonds is 4. The lowest BCUT2D eigenvalue weighted by Crippen LogP contribution is -2.63. The molecule has 1 aliphatic carbocycles. The highest BCUT2D eigenvalue weighted by Gasteiger charge is 2.41. The lowest BCUT2D eigenvalue weighted by molar-refractivity contribution is 0.0837. The van der Waals surface area contributed by atoms with Crippen molar-refractivity contribution in [2.75, 3.05) is 19.6 Å². The highest BCUT2D eigenvalue weighted by Crippen LogP contribution is 2.37. The van der Waals surface area contributed by atoms with Gasteiger partial charge in [0.25, 0.3) is 0 Å². The Morgan fingerprint density at radius 3 is 2.81 bits per heavy atom. The van der Waals surface area contributed by atoms with Gasteiger partial charge in [0, 0.05) is 36.8 Å². The fourth-order valence-corrected chi connectivity index (χ4v) is 2.74. The monoisotopic (exact) mass is 242 g/mol. The Morgan fingerprint density at radius 1 is 1.50 bits per heavy atom. The van der Waals surface area contributed by atoms with Gasteiger partial charge in [-0.2, -0.15) is 0 Å². The van der Waals surface area contributed by atoms with Crippen LogP contribution in [0.25, 0.3) is 0 Å². The Labute approximate surface area is 104 Å². The normalized spacial score (nSPS) is 37.1. The van der Waals surface area contributed by atoms with Crippen LogP contribution < -0.4 is 5.32 Å². The molecule has 2 aliphatic rings.